The summed E-state index contributed by atoms with van der Waals surface area (Å²) < 4.78 is 31.3. The van der Waals surface area contributed by atoms with Gasteiger partial charge in [0.2, 0.25) is 0 Å². The van der Waals surface area contributed by atoms with Gasteiger partial charge in [-0.15, -0.1) is 0 Å². The van der Waals surface area contributed by atoms with Crippen molar-refractivity contribution in [3.63, 3.8) is 0 Å². The Labute approximate surface area is 133 Å². The molecule has 3 nitrogen and oxygen atoms in total. The highest BCUT2D eigenvalue weighted by Gasteiger charge is 2.23. The van der Waals surface area contributed by atoms with Gasteiger partial charge in [0, 0.05) is 6.08 Å². The van der Waals surface area contributed by atoms with Crippen LogP contribution in [-0.4, -0.2) is 12.1 Å². The smallest absolute Gasteiger partial charge is 0.338 e. The van der Waals surface area contributed by atoms with Crippen molar-refractivity contribution in [3.05, 3.63) is 59.7 Å². The van der Waals surface area contributed by atoms with Gasteiger partial charge in [0.15, 0.2) is 11.6 Å². The molecule has 0 radical (unpaired) electrons. The minimum absolute atomic E-state index is 0.0209. The second kappa shape index (κ2) is 8.23. The van der Waals surface area contributed by atoms with Crippen molar-refractivity contribution < 1.29 is 18.3 Å². The fourth-order valence-corrected chi connectivity index (χ4v) is 2.56. The van der Waals surface area contributed by atoms with Crippen LogP contribution in [0.2, 0.25) is 0 Å². The van der Waals surface area contributed by atoms with Crippen molar-refractivity contribution in [3.8, 4) is 6.07 Å². The highest BCUT2D eigenvalue weighted by molar-refractivity contribution is 5.89. The normalized spacial score (nSPS) is 21.4. The maximum absolute atomic E-state index is 13.1. The van der Waals surface area contributed by atoms with Crippen LogP contribution in [0, 0.1) is 28.9 Å². The van der Waals surface area contributed by atoms with Crippen molar-refractivity contribution in [1.82, 2.24) is 0 Å². The van der Waals surface area contributed by atoms with E-state index in [2.05, 4.69) is 0 Å². The van der Waals surface area contributed by atoms with E-state index in [1.54, 1.807) is 6.08 Å². The number of allylic oxidation sites excluding steroid dienone is 4. The molecule has 0 aliphatic heterocycles. The van der Waals surface area contributed by atoms with Gasteiger partial charge in [0.25, 0.3) is 0 Å². The molecule has 120 valence electrons. The largest absolute Gasteiger partial charge is 0.459 e. The molecule has 0 heterocycles. The lowest BCUT2D eigenvalue weighted by molar-refractivity contribution is 0.0184. The van der Waals surface area contributed by atoms with Crippen LogP contribution in [-0.2, 0) is 4.74 Å². The first-order chi connectivity index (χ1) is 11.1. The first-order valence-corrected chi connectivity index (χ1v) is 7.49. The van der Waals surface area contributed by atoms with Crippen LogP contribution in [0.4, 0.5) is 8.78 Å². The molecular formula is C18H17F2NO2. The monoisotopic (exact) mass is 317 g/mol. The summed E-state index contributed by atoms with van der Waals surface area (Å²) in [7, 11) is 0. The molecule has 0 spiro atoms. The molecular weight excluding hydrogens is 300 g/mol. The third-order valence-electron chi connectivity index (χ3n) is 3.81. The zero-order valence-electron chi connectivity index (χ0n) is 12.5. The zero-order chi connectivity index (χ0) is 16.7. The molecule has 1 saturated carbocycles. The highest BCUT2D eigenvalue weighted by Crippen LogP contribution is 2.28. The molecule has 5 heteroatoms. The van der Waals surface area contributed by atoms with Crippen LogP contribution < -0.4 is 0 Å². The van der Waals surface area contributed by atoms with E-state index in [0.29, 0.717) is 5.92 Å². The topological polar surface area (TPSA) is 50.1 Å². The molecule has 0 amide bonds. The van der Waals surface area contributed by atoms with Gasteiger partial charge < -0.3 is 4.74 Å². The van der Waals surface area contributed by atoms with Gasteiger partial charge in [-0.05, 0) is 49.8 Å². The molecule has 1 aliphatic carbocycles. The summed E-state index contributed by atoms with van der Waals surface area (Å²) in [5.74, 6) is -2.27. The fourth-order valence-electron chi connectivity index (χ4n) is 2.56. The summed E-state index contributed by atoms with van der Waals surface area (Å²) in [5.41, 5.74) is 0.0209. The van der Waals surface area contributed by atoms with Crippen LogP contribution >= 0.6 is 0 Å². The Morgan fingerprint density at radius 2 is 1.91 bits per heavy atom. The Morgan fingerprint density at radius 1 is 1.17 bits per heavy atom. The van der Waals surface area contributed by atoms with E-state index in [1.165, 1.54) is 12.1 Å². The van der Waals surface area contributed by atoms with E-state index >= 15 is 0 Å². The van der Waals surface area contributed by atoms with Gasteiger partial charge in [-0.3, -0.25) is 0 Å². The zero-order valence-corrected chi connectivity index (χ0v) is 12.5. The number of hydrogen-bond donors (Lipinski definition) is 0. The lowest BCUT2D eigenvalue weighted by atomic mass is 9.87. The first kappa shape index (κ1) is 16.9. The fraction of sp³-hybridized carbons (Fsp3) is 0.333. The number of benzene rings is 1. The van der Waals surface area contributed by atoms with Crippen LogP contribution in [0.3, 0.4) is 0 Å². The summed E-state index contributed by atoms with van der Waals surface area (Å²) in [6, 6.07) is 4.91. The van der Waals surface area contributed by atoms with Gasteiger partial charge in [-0.1, -0.05) is 18.2 Å². The lowest BCUT2D eigenvalue weighted by Gasteiger charge is -2.26. The van der Waals surface area contributed by atoms with Crippen molar-refractivity contribution in [2.75, 3.05) is 0 Å². The Kier molecular flexibility index (Phi) is 6.04. The molecule has 1 aromatic carbocycles. The number of halogens is 2. The average Bonchev–Trinajstić information content (AvgIpc) is 2.55. The van der Waals surface area contributed by atoms with Gasteiger partial charge in [-0.2, -0.15) is 5.26 Å². The quantitative estimate of drug-likeness (QED) is 0.472. The summed E-state index contributed by atoms with van der Waals surface area (Å²) in [6.45, 7) is 0. The SMILES string of the molecule is N#CC=C/C=C/C1CCC(OC(=O)c2ccc(F)c(F)c2)CC1. The van der Waals surface area contributed by atoms with Crippen LogP contribution in [0.25, 0.3) is 0 Å². The van der Waals surface area contributed by atoms with Crippen molar-refractivity contribution in [2.24, 2.45) is 5.92 Å². The Hall–Kier alpha value is -2.48. The summed E-state index contributed by atoms with van der Waals surface area (Å²) in [5, 5.41) is 8.38. The van der Waals surface area contributed by atoms with Crippen molar-refractivity contribution in [2.45, 2.75) is 31.8 Å². The highest BCUT2D eigenvalue weighted by atomic mass is 19.2. The second-order valence-electron chi connectivity index (χ2n) is 5.44. The lowest BCUT2D eigenvalue weighted by Crippen LogP contribution is -2.24. The van der Waals surface area contributed by atoms with E-state index in [-0.39, 0.29) is 11.7 Å². The molecule has 0 saturated heterocycles. The Balaban J connectivity index is 1.83. The summed E-state index contributed by atoms with van der Waals surface area (Å²) >= 11 is 0. The summed E-state index contributed by atoms with van der Waals surface area (Å²) in [6.07, 6.45) is 10.0. The molecule has 1 fully saturated rings. The number of rotatable bonds is 4. The Bertz CT molecular complexity index is 653. The van der Waals surface area contributed by atoms with Crippen LogP contribution in [0.1, 0.15) is 36.0 Å². The number of esters is 1. The van der Waals surface area contributed by atoms with E-state index < -0.39 is 17.6 Å². The second-order valence-corrected chi connectivity index (χ2v) is 5.44. The maximum atomic E-state index is 13.1. The Morgan fingerprint density at radius 3 is 2.57 bits per heavy atom. The van der Waals surface area contributed by atoms with Gasteiger partial charge >= 0.3 is 5.97 Å². The van der Waals surface area contributed by atoms with Gasteiger partial charge in [0.05, 0.1) is 11.6 Å². The van der Waals surface area contributed by atoms with Crippen molar-refractivity contribution >= 4 is 5.97 Å². The van der Waals surface area contributed by atoms with Crippen LogP contribution in [0.5, 0.6) is 0 Å². The van der Waals surface area contributed by atoms with E-state index in [1.807, 2.05) is 18.2 Å². The summed E-state index contributed by atoms with van der Waals surface area (Å²) in [4.78, 5) is 11.9. The van der Waals surface area contributed by atoms with E-state index in [4.69, 9.17) is 10.00 Å². The number of hydrogen-bond acceptors (Lipinski definition) is 3. The maximum Gasteiger partial charge on any atom is 0.338 e. The molecule has 0 bridgehead atoms. The third-order valence-corrected chi connectivity index (χ3v) is 3.81. The molecule has 1 aromatic rings. The molecule has 0 atom stereocenters. The number of carbonyl (C=O) groups is 1. The number of carbonyl (C=O) groups excluding carboxylic acids is 1. The number of ether oxygens (including phenoxy) is 1. The first-order valence-electron chi connectivity index (χ1n) is 7.49. The third kappa shape index (κ3) is 5.03. The van der Waals surface area contributed by atoms with Crippen molar-refractivity contribution in [1.29, 1.82) is 5.26 Å². The molecule has 2 rings (SSSR count). The van der Waals surface area contributed by atoms with E-state index in [9.17, 15) is 13.6 Å². The molecule has 0 aromatic heterocycles. The molecule has 1 aliphatic rings. The minimum Gasteiger partial charge on any atom is -0.459 e. The number of nitrogens with zero attached hydrogens (tertiary/aromatic N) is 1. The van der Waals surface area contributed by atoms with Gasteiger partial charge in [0.1, 0.15) is 6.10 Å². The average molecular weight is 317 g/mol. The minimum atomic E-state index is -1.06. The predicted molar refractivity (Wildman–Crippen MR) is 81.4 cm³/mol. The molecule has 23 heavy (non-hydrogen) atoms. The number of nitriles is 1. The predicted octanol–water partition coefficient (Wildman–Crippen LogP) is 4.32. The van der Waals surface area contributed by atoms with E-state index in [0.717, 1.165) is 37.8 Å². The van der Waals surface area contributed by atoms with Gasteiger partial charge in [-0.25, -0.2) is 13.6 Å². The molecule has 0 N–H and O–H groups in total. The standard InChI is InChI=1S/C18H17F2NO2/c19-16-10-7-14(12-17(16)20)18(22)23-15-8-5-13(6-9-15)4-2-1-3-11-21/h1-4,7,10,12-13,15H,5-6,8-9H2/b3-1?,4-2+. The molecule has 0 unspecified atom stereocenters. The van der Waals surface area contributed by atoms with Crippen LogP contribution in [0.15, 0.2) is 42.5 Å².